The van der Waals surface area contributed by atoms with Gasteiger partial charge >= 0.3 is 5.97 Å². The van der Waals surface area contributed by atoms with E-state index in [0.29, 0.717) is 29.5 Å². The van der Waals surface area contributed by atoms with Crippen LogP contribution in [-0.4, -0.2) is 72.4 Å². The molecule has 0 aliphatic heterocycles. The number of carboxylic acid groups (broad SMARTS) is 1. The van der Waals surface area contributed by atoms with E-state index < -0.39 is 53.4 Å². The summed E-state index contributed by atoms with van der Waals surface area (Å²) in [6.07, 6.45) is 7.91. The highest BCUT2D eigenvalue weighted by Crippen LogP contribution is 2.38. The Bertz CT molecular complexity index is 4580. The van der Waals surface area contributed by atoms with Crippen molar-refractivity contribution in [2.24, 2.45) is 0 Å². The maximum Gasteiger partial charge on any atom is 0.337 e. The fourth-order valence-electron chi connectivity index (χ4n) is 10.2. The van der Waals surface area contributed by atoms with Crippen LogP contribution in [0.15, 0.2) is 267 Å². The highest BCUT2D eigenvalue weighted by atomic mass is 36.0. The second-order valence-corrected chi connectivity index (χ2v) is 30.5. The van der Waals surface area contributed by atoms with Gasteiger partial charge in [0.25, 0.3) is 5.24 Å². The standard InChI is InChI=1S/C25H21NOS.C19H16ClNO.C19H17NO2.C9H9ClO2.C9H10O3.2Cl2OS/c1-18-10-12-19(13-11-18)25(28-22-8-3-2-4-9-22)24(27)16-20-6-5-7-21-17-26-15-14-23(20)21;1-13-5-7-14(8-6-13)19(20)18(22)11-15-3-2-4-16-12-21-10-9-17(15)16;1-13-5-7-14(8-6-13)19(22)18(21)11-15-3-2-4-16-12-20-10-9-17(15)16;1-6-2-4-7(5-3-6)8(11)9(10)12;1-6-2-4-7(5-3-6)8(10)9(11)12;2*1-4(2)3/h2-15,17,25H,16H2,1H3;2-10,12,19H,11H2,1H3;2-10,12,19,22H,11H2,1H3;2-5,8,11H,1H3;2-5,8,10H,1H3,(H,11,12);;. The molecule has 0 fully saturated rings. The summed E-state index contributed by atoms with van der Waals surface area (Å²) < 4.78 is 18.2. The number of aliphatic hydroxyl groups is 3. The third-order valence-corrected chi connectivity index (χ3v) is 17.7. The van der Waals surface area contributed by atoms with Crippen LogP contribution in [0, 0.1) is 34.6 Å². The van der Waals surface area contributed by atoms with E-state index in [9.17, 15) is 34.2 Å². The summed E-state index contributed by atoms with van der Waals surface area (Å²) >= 11 is 13.1. The number of nitrogens with zero attached hydrogens (tertiary/aromatic N) is 3. The molecule has 0 bridgehead atoms. The molecule has 12 rings (SSSR count). The Morgan fingerprint density at radius 1 is 0.385 bits per heavy atom. The van der Waals surface area contributed by atoms with Gasteiger partial charge in [-0.3, -0.25) is 34.1 Å². The number of thioether (sulfide) groups is 1. The van der Waals surface area contributed by atoms with Gasteiger partial charge in [0, 0.05) is 120 Å². The van der Waals surface area contributed by atoms with Gasteiger partial charge in [-0.1, -0.05) is 222 Å². The molecule has 4 N–H and O–H groups in total. The second kappa shape index (κ2) is 43.8. The number of carbonyl (C=O) groups excluding carboxylic acids is 4. The minimum atomic E-state index is -1.67. The molecule has 0 saturated carbocycles. The van der Waals surface area contributed by atoms with Crippen LogP contribution in [0.25, 0.3) is 32.3 Å². The highest BCUT2D eigenvalue weighted by molar-refractivity contribution is 8.27. The predicted molar refractivity (Wildman–Crippen MR) is 424 cm³/mol. The van der Waals surface area contributed by atoms with Gasteiger partial charge in [0.2, 0.25) is 18.5 Å². The van der Waals surface area contributed by atoms with Gasteiger partial charge in [0.15, 0.2) is 29.6 Å². The maximum atomic E-state index is 13.4. The number of fused-ring (bicyclic) bond motifs is 3. The molecule has 104 heavy (non-hydrogen) atoms. The number of ketones is 3. The van der Waals surface area contributed by atoms with Crippen LogP contribution in [0.5, 0.6) is 0 Å². The van der Waals surface area contributed by atoms with Crippen molar-refractivity contribution in [3.05, 3.63) is 334 Å². The summed E-state index contributed by atoms with van der Waals surface area (Å²) in [5.41, 5.74) is 12.0. The van der Waals surface area contributed by atoms with Crippen molar-refractivity contribution in [2.45, 2.75) is 87.7 Å². The molecule has 5 atom stereocenters. The molecule has 0 amide bonds. The number of aliphatic carboxylic acids is 1. The average Bonchev–Trinajstić information content (AvgIpc) is 0.851. The third-order valence-electron chi connectivity index (χ3n) is 15.7. The molecule has 9 aromatic carbocycles. The Labute approximate surface area is 641 Å². The molecular weight excluding hydrogens is 1500 g/mol. The van der Waals surface area contributed by atoms with Crippen LogP contribution in [-0.2, 0) is 61.7 Å². The predicted octanol–water partition coefficient (Wildman–Crippen LogP) is 19.2. The van der Waals surface area contributed by atoms with Gasteiger partial charge in [-0.05, 0) is 137 Å². The average molecular weight is 1570 g/mol. The first-order chi connectivity index (χ1) is 49.7. The van der Waals surface area contributed by atoms with Crippen LogP contribution in [0.3, 0.4) is 0 Å². The van der Waals surface area contributed by atoms with Gasteiger partial charge in [0.1, 0.15) is 11.5 Å². The highest BCUT2D eigenvalue weighted by Gasteiger charge is 2.24. The van der Waals surface area contributed by atoms with Gasteiger partial charge in [0.05, 0.1) is 5.25 Å². The van der Waals surface area contributed by atoms with E-state index >= 15 is 0 Å². The van der Waals surface area contributed by atoms with Crippen molar-refractivity contribution in [1.29, 1.82) is 0 Å². The molecule has 0 aliphatic carbocycles. The van der Waals surface area contributed by atoms with Gasteiger partial charge in [-0.15, -0.1) is 23.4 Å². The maximum absolute atomic E-state index is 13.4. The smallest absolute Gasteiger partial charge is 0.337 e. The molecule has 14 nitrogen and oxygen atoms in total. The van der Waals surface area contributed by atoms with E-state index in [1.807, 2.05) is 180 Å². The number of halogens is 6. The first kappa shape index (κ1) is 84.6. The molecule has 3 aromatic heterocycles. The van der Waals surface area contributed by atoms with Crippen LogP contribution in [0.4, 0.5) is 0 Å². The Morgan fingerprint density at radius 3 is 1.04 bits per heavy atom. The number of alkyl halides is 1. The lowest BCUT2D eigenvalue weighted by molar-refractivity contribution is -0.147. The number of carbonyl (C=O) groups is 5. The van der Waals surface area contributed by atoms with Crippen molar-refractivity contribution < 1.29 is 52.8 Å². The molecule has 0 radical (unpaired) electrons. The van der Waals surface area contributed by atoms with Crippen molar-refractivity contribution in [3.8, 4) is 0 Å². The van der Waals surface area contributed by atoms with Crippen molar-refractivity contribution in [1.82, 2.24) is 15.0 Å². The summed E-state index contributed by atoms with van der Waals surface area (Å²) in [6, 6.07) is 70.9. The zero-order chi connectivity index (χ0) is 75.8. The number of rotatable bonds is 18. The van der Waals surface area contributed by atoms with Crippen molar-refractivity contribution in [3.63, 3.8) is 0 Å². The third kappa shape index (κ3) is 28.3. The SMILES string of the molecule is Cc1ccc(C(Cl)C(=O)Cc2cccc3cnccc23)cc1.Cc1ccc(C(O)C(=O)Cc2cccc3cnccc23)cc1.Cc1ccc(C(O)C(=O)Cl)cc1.Cc1ccc(C(O)C(=O)O)cc1.Cc1ccc(C(Sc2ccccc2)C(=O)Cc2cccc3cnccc23)cc1.O=S(Cl)Cl.O=S(Cl)Cl. The van der Waals surface area contributed by atoms with Crippen molar-refractivity contribution >= 4 is 157 Å². The molecule has 12 aromatic rings. The zero-order valence-corrected chi connectivity index (χ0v) is 63.8. The summed E-state index contributed by atoms with van der Waals surface area (Å²) in [6.45, 7) is 9.88. The topological polar surface area (TPSA) is 239 Å². The van der Waals surface area contributed by atoms with E-state index in [0.717, 1.165) is 87.3 Å². The molecule has 5 unspecified atom stereocenters. The number of Topliss-reactive ketones (excluding diaryl/α,β-unsaturated/α-hetero) is 3. The first-order valence-electron chi connectivity index (χ1n) is 31.9. The molecule has 23 heteroatoms. The van der Waals surface area contributed by atoms with Crippen LogP contribution < -0.4 is 0 Å². The molecule has 0 spiro atoms. The van der Waals surface area contributed by atoms with Crippen LogP contribution in [0.1, 0.15) is 101 Å². The fourth-order valence-corrected chi connectivity index (χ4v) is 11.6. The first-order valence-corrected chi connectivity index (χ1v) is 39.2. The summed E-state index contributed by atoms with van der Waals surface area (Å²) in [7, 11) is 14.7. The number of hydrogen-bond acceptors (Lipinski definition) is 14. The zero-order valence-electron chi connectivity index (χ0n) is 56.8. The Morgan fingerprint density at radius 2 is 0.692 bits per heavy atom. The van der Waals surface area contributed by atoms with Crippen LogP contribution >= 0.6 is 77.7 Å². The number of aliphatic hydroxyl groups excluding tert-OH is 3. The molecule has 0 saturated heterocycles. The van der Waals surface area contributed by atoms with E-state index in [-0.39, 0.29) is 29.0 Å². The number of hydrogen-bond donors (Lipinski definition) is 4. The Hall–Kier alpha value is -8.37. The van der Waals surface area contributed by atoms with E-state index in [1.54, 1.807) is 85.1 Å². The van der Waals surface area contributed by atoms with E-state index in [2.05, 4.69) is 101 Å². The van der Waals surface area contributed by atoms with Gasteiger partial charge in [-0.25, -0.2) is 13.2 Å². The minimum Gasteiger partial charge on any atom is -0.479 e. The molecule has 3 heterocycles. The lowest BCUT2D eigenvalue weighted by Gasteiger charge is -2.17. The lowest BCUT2D eigenvalue weighted by Crippen LogP contribution is -2.14. The summed E-state index contributed by atoms with van der Waals surface area (Å²) in [5, 5.41) is 41.7. The number of aromatic nitrogens is 3. The summed E-state index contributed by atoms with van der Waals surface area (Å²) in [5.74, 6) is -1.20. The van der Waals surface area contributed by atoms with Gasteiger partial charge < -0.3 is 20.4 Å². The monoisotopic (exact) mass is 1570 g/mol. The largest absolute Gasteiger partial charge is 0.479 e. The van der Waals surface area contributed by atoms with E-state index in [1.165, 1.54) is 5.56 Å². The minimum absolute atomic E-state index is 0.00910. The quantitative estimate of drug-likeness (QED) is 0.0355. The normalized spacial score (nSPS) is 12.0. The number of benzene rings is 9. The van der Waals surface area contributed by atoms with Gasteiger partial charge in [-0.2, -0.15) is 0 Å². The number of pyridine rings is 3. The Balaban J connectivity index is 0.000000205. The Kier molecular flexibility index (Phi) is 35.6. The van der Waals surface area contributed by atoms with E-state index in [4.69, 9.17) is 41.8 Å². The number of carboxylic acids is 1. The lowest BCUT2D eigenvalue weighted by atomic mass is 9.96. The molecule has 0 aliphatic rings. The van der Waals surface area contributed by atoms with Crippen molar-refractivity contribution in [2.75, 3.05) is 0 Å². The number of aryl methyl sites for hydroxylation is 5. The second-order valence-electron chi connectivity index (χ2n) is 23.4. The summed E-state index contributed by atoms with van der Waals surface area (Å²) in [4.78, 5) is 72.7. The van der Waals surface area contributed by atoms with Crippen LogP contribution in [0.2, 0.25) is 0 Å². The fraction of sp³-hybridized carbons (Fsp3) is 0.160. The molecular formula is C81H73Cl6N3O11S3. The molecule has 538 valence electrons.